The molecule has 0 saturated heterocycles. The van der Waals surface area contributed by atoms with E-state index in [1.54, 1.807) is 31.1 Å². The van der Waals surface area contributed by atoms with E-state index in [2.05, 4.69) is 10.4 Å². The maximum atomic E-state index is 12.5. The Morgan fingerprint density at radius 1 is 1.38 bits per heavy atom. The molecule has 1 N–H and O–H groups in total. The molecule has 1 aliphatic heterocycles. The van der Waals surface area contributed by atoms with E-state index in [-0.39, 0.29) is 18.2 Å². The number of carbonyl (C=O) groups is 3. The molecule has 0 spiro atoms. The summed E-state index contributed by atoms with van der Waals surface area (Å²) in [6.45, 7) is 4.48. The summed E-state index contributed by atoms with van der Waals surface area (Å²) in [6.07, 6.45) is 2.23. The molecule has 0 saturated carbocycles. The number of hydrogen-bond acceptors (Lipinski definition) is 6. The average molecular weight is 376 g/mol. The van der Waals surface area contributed by atoms with Gasteiger partial charge < -0.3 is 15.0 Å². The third-order valence-corrected chi connectivity index (χ3v) is 5.29. The van der Waals surface area contributed by atoms with Crippen LogP contribution < -0.4 is 5.32 Å². The second-order valence-corrected chi connectivity index (χ2v) is 7.05. The van der Waals surface area contributed by atoms with Gasteiger partial charge in [0, 0.05) is 31.6 Å². The first-order chi connectivity index (χ1) is 12.4. The first-order valence-corrected chi connectivity index (χ1v) is 9.10. The van der Waals surface area contributed by atoms with Crippen molar-refractivity contribution in [2.24, 2.45) is 7.05 Å². The van der Waals surface area contributed by atoms with E-state index in [1.165, 1.54) is 22.9 Å². The summed E-state index contributed by atoms with van der Waals surface area (Å²) >= 11 is 1.31. The number of aryl methyl sites for hydroxylation is 1. The van der Waals surface area contributed by atoms with Crippen molar-refractivity contribution in [1.82, 2.24) is 14.7 Å². The van der Waals surface area contributed by atoms with Gasteiger partial charge in [-0.1, -0.05) is 0 Å². The molecule has 2 aromatic heterocycles. The van der Waals surface area contributed by atoms with E-state index in [0.717, 1.165) is 10.4 Å². The van der Waals surface area contributed by atoms with Crippen molar-refractivity contribution >= 4 is 34.1 Å². The van der Waals surface area contributed by atoms with Gasteiger partial charge in [0.15, 0.2) is 5.69 Å². The summed E-state index contributed by atoms with van der Waals surface area (Å²) < 4.78 is 6.71. The molecule has 8 nitrogen and oxygen atoms in total. The molecule has 0 atom stereocenters. The van der Waals surface area contributed by atoms with Gasteiger partial charge in [-0.3, -0.25) is 14.3 Å². The lowest BCUT2D eigenvalue weighted by Gasteiger charge is -2.25. The van der Waals surface area contributed by atoms with E-state index in [9.17, 15) is 14.4 Å². The Labute approximate surface area is 154 Å². The van der Waals surface area contributed by atoms with Crippen LogP contribution in [0.4, 0.5) is 5.00 Å². The second-order valence-electron chi connectivity index (χ2n) is 5.95. The lowest BCUT2D eigenvalue weighted by molar-refractivity contribution is -0.129. The number of fused-ring (bicyclic) bond motifs is 1. The highest BCUT2D eigenvalue weighted by Gasteiger charge is 2.30. The number of ether oxygens (including phenoxy) is 1. The molecular weight excluding hydrogens is 356 g/mol. The van der Waals surface area contributed by atoms with E-state index in [1.807, 2.05) is 0 Å². The van der Waals surface area contributed by atoms with Gasteiger partial charge in [0.05, 0.1) is 18.7 Å². The van der Waals surface area contributed by atoms with E-state index in [4.69, 9.17) is 4.74 Å². The van der Waals surface area contributed by atoms with Crippen LogP contribution in [-0.2, 0) is 29.5 Å². The van der Waals surface area contributed by atoms with Gasteiger partial charge in [0.25, 0.3) is 5.91 Å². The molecule has 0 aliphatic carbocycles. The van der Waals surface area contributed by atoms with Crippen LogP contribution in [0, 0.1) is 0 Å². The maximum absolute atomic E-state index is 12.5. The van der Waals surface area contributed by atoms with Crippen LogP contribution in [0.3, 0.4) is 0 Å². The fourth-order valence-corrected chi connectivity index (χ4v) is 4.13. The number of carbonyl (C=O) groups excluding carboxylic acids is 3. The highest BCUT2D eigenvalue weighted by molar-refractivity contribution is 7.17. The van der Waals surface area contributed by atoms with Crippen molar-refractivity contribution in [3.63, 3.8) is 0 Å². The van der Waals surface area contributed by atoms with Gasteiger partial charge in [0.2, 0.25) is 5.91 Å². The molecule has 2 aromatic rings. The van der Waals surface area contributed by atoms with Gasteiger partial charge in [-0.2, -0.15) is 5.10 Å². The number of hydrogen-bond donors (Lipinski definition) is 1. The molecule has 9 heteroatoms. The largest absolute Gasteiger partial charge is 0.462 e. The Bertz CT molecular complexity index is 870. The molecular formula is C17H20N4O4S. The lowest BCUT2D eigenvalue weighted by atomic mass is 10.0. The monoisotopic (exact) mass is 376 g/mol. The molecule has 2 amide bonds. The van der Waals surface area contributed by atoms with Gasteiger partial charge in [-0.25, -0.2) is 4.79 Å². The van der Waals surface area contributed by atoms with Crippen LogP contribution in [0.2, 0.25) is 0 Å². The number of esters is 1. The van der Waals surface area contributed by atoms with Gasteiger partial charge in [-0.15, -0.1) is 11.3 Å². The van der Waals surface area contributed by atoms with Crippen LogP contribution in [0.1, 0.15) is 45.1 Å². The topological polar surface area (TPSA) is 93.5 Å². The fourth-order valence-electron chi connectivity index (χ4n) is 2.88. The molecule has 3 heterocycles. The van der Waals surface area contributed by atoms with Crippen molar-refractivity contribution in [2.45, 2.75) is 26.8 Å². The summed E-state index contributed by atoms with van der Waals surface area (Å²) in [6, 6.07) is 1.60. The van der Waals surface area contributed by atoms with Crippen molar-refractivity contribution in [3.8, 4) is 0 Å². The fraction of sp³-hybridized carbons (Fsp3) is 0.412. The van der Waals surface area contributed by atoms with Gasteiger partial charge in [-0.05, 0) is 25.0 Å². The Hall–Kier alpha value is -2.68. The summed E-state index contributed by atoms with van der Waals surface area (Å²) in [5, 5.41) is 7.29. The minimum absolute atomic E-state index is 0.0131. The predicted octanol–water partition coefficient (Wildman–Crippen LogP) is 1.82. The van der Waals surface area contributed by atoms with Crippen LogP contribution >= 0.6 is 11.3 Å². The van der Waals surface area contributed by atoms with E-state index in [0.29, 0.717) is 30.1 Å². The molecule has 0 fully saturated rings. The number of thiophene rings is 1. The summed E-state index contributed by atoms with van der Waals surface area (Å²) in [5.41, 5.74) is 1.50. The van der Waals surface area contributed by atoms with Crippen molar-refractivity contribution in [3.05, 3.63) is 34.0 Å². The summed E-state index contributed by atoms with van der Waals surface area (Å²) in [7, 11) is 1.72. The molecule has 0 radical (unpaired) electrons. The third kappa shape index (κ3) is 3.48. The molecule has 0 bridgehead atoms. The highest BCUT2D eigenvalue weighted by atomic mass is 32.1. The first kappa shape index (κ1) is 18.1. The molecule has 0 unspecified atom stereocenters. The second kappa shape index (κ2) is 7.28. The Morgan fingerprint density at radius 3 is 2.77 bits per heavy atom. The number of nitrogens with one attached hydrogen (secondary N) is 1. The Balaban J connectivity index is 1.94. The molecule has 1 aliphatic rings. The van der Waals surface area contributed by atoms with E-state index >= 15 is 0 Å². The number of aromatic nitrogens is 2. The van der Waals surface area contributed by atoms with Gasteiger partial charge in [0.1, 0.15) is 5.00 Å². The zero-order valence-corrected chi connectivity index (χ0v) is 15.7. The number of nitrogens with zero attached hydrogens (tertiary/aromatic N) is 3. The standard InChI is InChI=1S/C17H20N4O4S/c1-4-25-17(24)14-11-5-8-21(10(2)22)9-13(11)26-16(14)18-15(23)12-6-7-20(3)19-12/h6-7H,4-5,8-9H2,1-3H3,(H,18,23). The first-order valence-electron chi connectivity index (χ1n) is 8.28. The minimum atomic E-state index is -0.461. The highest BCUT2D eigenvalue weighted by Crippen LogP contribution is 2.37. The van der Waals surface area contributed by atoms with Crippen LogP contribution in [0.5, 0.6) is 0 Å². The zero-order chi connectivity index (χ0) is 18.8. The normalized spacial score (nSPS) is 13.3. The van der Waals surface area contributed by atoms with Crippen LogP contribution in [0.15, 0.2) is 12.3 Å². The quantitative estimate of drug-likeness (QED) is 0.822. The predicted molar refractivity (Wildman–Crippen MR) is 96.2 cm³/mol. The number of anilines is 1. The van der Waals surface area contributed by atoms with Crippen LogP contribution in [0.25, 0.3) is 0 Å². The summed E-state index contributed by atoms with van der Waals surface area (Å²) in [4.78, 5) is 39.2. The van der Waals surface area contributed by atoms with Crippen molar-refractivity contribution in [2.75, 3.05) is 18.5 Å². The summed E-state index contributed by atoms with van der Waals surface area (Å²) in [5.74, 6) is -0.864. The lowest BCUT2D eigenvalue weighted by Crippen LogP contribution is -2.34. The number of rotatable bonds is 4. The third-order valence-electron chi connectivity index (χ3n) is 4.16. The Morgan fingerprint density at radius 2 is 2.15 bits per heavy atom. The van der Waals surface area contributed by atoms with Gasteiger partial charge >= 0.3 is 5.97 Å². The minimum Gasteiger partial charge on any atom is -0.462 e. The Kier molecular flexibility index (Phi) is 5.08. The average Bonchev–Trinajstić information content (AvgIpc) is 3.17. The van der Waals surface area contributed by atoms with Crippen molar-refractivity contribution < 1.29 is 19.1 Å². The molecule has 3 rings (SSSR count). The molecule has 26 heavy (non-hydrogen) atoms. The SMILES string of the molecule is CCOC(=O)c1c(NC(=O)c2ccn(C)n2)sc2c1CCN(C(C)=O)C2. The number of amides is 2. The van der Waals surface area contributed by atoms with E-state index < -0.39 is 11.9 Å². The van der Waals surface area contributed by atoms with Crippen molar-refractivity contribution in [1.29, 1.82) is 0 Å². The molecule has 0 aromatic carbocycles. The molecule has 138 valence electrons. The van der Waals surface area contributed by atoms with Crippen LogP contribution in [-0.4, -0.2) is 45.6 Å². The maximum Gasteiger partial charge on any atom is 0.341 e. The smallest absolute Gasteiger partial charge is 0.341 e. The zero-order valence-electron chi connectivity index (χ0n) is 14.9.